The predicted molar refractivity (Wildman–Crippen MR) is 94.9 cm³/mol. The van der Waals surface area contributed by atoms with Crippen LogP contribution < -0.4 is 4.90 Å². The molecule has 2 saturated heterocycles. The van der Waals surface area contributed by atoms with Gasteiger partial charge in [0.15, 0.2) is 0 Å². The van der Waals surface area contributed by atoms with E-state index in [1.54, 1.807) is 19.2 Å². The second kappa shape index (κ2) is 7.93. The largest absolute Gasteiger partial charge is 0.379 e. The maximum atomic E-state index is 14.6. The molecule has 1 N–H and O–H groups in total. The van der Waals surface area contributed by atoms with Crippen LogP contribution in [-0.2, 0) is 16.0 Å². The number of amides is 1. The number of carbonyl (C=O) groups is 1. The average molecular weight is 348 g/mol. The van der Waals surface area contributed by atoms with Crippen LogP contribution in [0.3, 0.4) is 0 Å². The fourth-order valence-electron chi connectivity index (χ4n) is 3.37. The molecule has 2 heterocycles. The van der Waals surface area contributed by atoms with Gasteiger partial charge in [0.2, 0.25) is 5.91 Å². The molecule has 0 aromatic heterocycles. The number of halogens is 1. The van der Waals surface area contributed by atoms with Gasteiger partial charge < -0.3 is 19.9 Å². The molecule has 2 aliphatic rings. The van der Waals surface area contributed by atoms with Crippen molar-refractivity contribution in [2.24, 2.45) is 0 Å². The molecular formula is C18H25FN4O2. The van der Waals surface area contributed by atoms with Gasteiger partial charge in [-0.05, 0) is 17.8 Å². The summed E-state index contributed by atoms with van der Waals surface area (Å²) in [6, 6.07) is 5.31. The SMILES string of the molecule is COC1CN(CC(=O)N2CCN(c3cccc(CC=N)c3F)CC2)C1. The van der Waals surface area contributed by atoms with Crippen LogP contribution in [0.1, 0.15) is 5.56 Å². The molecular weight excluding hydrogens is 323 g/mol. The van der Waals surface area contributed by atoms with Crippen molar-refractivity contribution in [2.75, 3.05) is 57.8 Å². The van der Waals surface area contributed by atoms with Crippen molar-refractivity contribution in [3.63, 3.8) is 0 Å². The van der Waals surface area contributed by atoms with Crippen molar-refractivity contribution in [3.05, 3.63) is 29.6 Å². The van der Waals surface area contributed by atoms with Crippen molar-refractivity contribution in [1.82, 2.24) is 9.80 Å². The van der Waals surface area contributed by atoms with Crippen LogP contribution in [0, 0.1) is 11.2 Å². The van der Waals surface area contributed by atoms with E-state index in [9.17, 15) is 9.18 Å². The summed E-state index contributed by atoms with van der Waals surface area (Å²) in [5.74, 6) is -0.121. The molecule has 0 aliphatic carbocycles. The molecule has 2 fully saturated rings. The number of likely N-dealkylation sites (tertiary alicyclic amines) is 1. The number of nitrogens with zero attached hydrogens (tertiary/aromatic N) is 3. The first-order chi connectivity index (χ1) is 12.1. The number of carbonyl (C=O) groups excluding carboxylic acids is 1. The van der Waals surface area contributed by atoms with E-state index in [-0.39, 0.29) is 17.8 Å². The monoisotopic (exact) mass is 348 g/mol. The fourth-order valence-corrected chi connectivity index (χ4v) is 3.37. The number of hydrogen-bond donors (Lipinski definition) is 1. The van der Waals surface area contributed by atoms with E-state index in [4.69, 9.17) is 10.1 Å². The Morgan fingerprint density at radius 2 is 2.04 bits per heavy atom. The molecule has 1 amide bonds. The zero-order valence-corrected chi connectivity index (χ0v) is 14.6. The Kier molecular flexibility index (Phi) is 5.65. The molecule has 6 nitrogen and oxygen atoms in total. The van der Waals surface area contributed by atoms with E-state index in [0.29, 0.717) is 50.4 Å². The van der Waals surface area contributed by atoms with Gasteiger partial charge in [-0.1, -0.05) is 12.1 Å². The number of methoxy groups -OCH3 is 1. The topological polar surface area (TPSA) is 59.9 Å². The highest BCUT2D eigenvalue weighted by molar-refractivity contribution is 5.78. The lowest BCUT2D eigenvalue weighted by atomic mass is 10.1. The second-order valence-corrected chi connectivity index (χ2v) is 6.58. The Labute approximate surface area is 147 Å². The molecule has 3 rings (SSSR count). The molecule has 0 unspecified atom stereocenters. The highest BCUT2D eigenvalue weighted by atomic mass is 19.1. The minimum absolute atomic E-state index is 0.132. The third kappa shape index (κ3) is 3.99. The van der Waals surface area contributed by atoms with Crippen molar-refractivity contribution < 1.29 is 13.9 Å². The smallest absolute Gasteiger partial charge is 0.236 e. The number of rotatable bonds is 6. The van der Waals surface area contributed by atoms with Gasteiger partial charge in [0, 0.05) is 52.8 Å². The summed E-state index contributed by atoms with van der Waals surface area (Å²) in [5, 5.41) is 7.17. The Morgan fingerprint density at radius 1 is 1.32 bits per heavy atom. The Hall–Kier alpha value is -1.99. The zero-order chi connectivity index (χ0) is 17.8. The molecule has 2 aliphatic heterocycles. The van der Waals surface area contributed by atoms with Crippen LogP contribution in [0.4, 0.5) is 10.1 Å². The van der Waals surface area contributed by atoms with E-state index in [0.717, 1.165) is 13.1 Å². The Balaban J connectivity index is 1.53. The summed E-state index contributed by atoms with van der Waals surface area (Å²) in [6.07, 6.45) is 1.76. The van der Waals surface area contributed by atoms with Crippen molar-refractivity contribution >= 4 is 17.8 Å². The number of ether oxygens (including phenoxy) is 1. The van der Waals surface area contributed by atoms with Gasteiger partial charge in [0.1, 0.15) is 5.82 Å². The summed E-state index contributed by atoms with van der Waals surface area (Å²) in [5.41, 5.74) is 1.11. The van der Waals surface area contributed by atoms with Gasteiger partial charge >= 0.3 is 0 Å². The molecule has 0 atom stereocenters. The maximum absolute atomic E-state index is 14.6. The zero-order valence-electron chi connectivity index (χ0n) is 14.6. The molecule has 7 heteroatoms. The Morgan fingerprint density at radius 3 is 2.68 bits per heavy atom. The first-order valence-corrected chi connectivity index (χ1v) is 8.66. The van der Waals surface area contributed by atoms with E-state index in [1.807, 2.05) is 15.9 Å². The lowest BCUT2D eigenvalue weighted by molar-refractivity contribution is -0.136. The average Bonchev–Trinajstić information content (AvgIpc) is 2.60. The first kappa shape index (κ1) is 17.8. The van der Waals surface area contributed by atoms with Crippen molar-refractivity contribution in [2.45, 2.75) is 12.5 Å². The third-order valence-electron chi connectivity index (χ3n) is 4.97. The summed E-state index contributed by atoms with van der Waals surface area (Å²) in [4.78, 5) is 18.3. The van der Waals surface area contributed by atoms with E-state index < -0.39 is 0 Å². The fraction of sp³-hybridized carbons (Fsp3) is 0.556. The second-order valence-electron chi connectivity index (χ2n) is 6.58. The van der Waals surface area contributed by atoms with Gasteiger partial charge in [-0.3, -0.25) is 9.69 Å². The molecule has 136 valence electrons. The van der Waals surface area contributed by atoms with Crippen LogP contribution in [0.15, 0.2) is 18.2 Å². The van der Waals surface area contributed by atoms with Crippen LogP contribution >= 0.6 is 0 Å². The molecule has 0 bridgehead atoms. The van der Waals surface area contributed by atoms with Crippen LogP contribution in [0.2, 0.25) is 0 Å². The quantitative estimate of drug-likeness (QED) is 0.779. The summed E-state index contributed by atoms with van der Waals surface area (Å²) < 4.78 is 19.8. The van der Waals surface area contributed by atoms with Gasteiger partial charge in [0.05, 0.1) is 18.3 Å². The molecule has 0 radical (unpaired) electrons. The van der Waals surface area contributed by atoms with Crippen molar-refractivity contribution in [1.29, 1.82) is 5.41 Å². The highest BCUT2D eigenvalue weighted by Gasteiger charge is 2.30. The van der Waals surface area contributed by atoms with E-state index in [1.165, 1.54) is 6.21 Å². The summed E-state index contributed by atoms with van der Waals surface area (Å²) >= 11 is 0. The number of piperazine rings is 1. The lowest BCUT2D eigenvalue weighted by Crippen LogP contribution is -2.57. The lowest BCUT2D eigenvalue weighted by Gasteiger charge is -2.40. The van der Waals surface area contributed by atoms with Crippen molar-refractivity contribution in [3.8, 4) is 0 Å². The summed E-state index contributed by atoms with van der Waals surface area (Å²) in [7, 11) is 1.69. The van der Waals surface area contributed by atoms with Crippen LogP contribution in [0.25, 0.3) is 0 Å². The highest BCUT2D eigenvalue weighted by Crippen LogP contribution is 2.24. The maximum Gasteiger partial charge on any atom is 0.236 e. The van der Waals surface area contributed by atoms with Gasteiger partial charge in [-0.25, -0.2) is 4.39 Å². The van der Waals surface area contributed by atoms with Gasteiger partial charge in [-0.15, -0.1) is 0 Å². The van der Waals surface area contributed by atoms with Gasteiger partial charge in [-0.2, -0.15) is 0 Å². The van der Waals surface area contributed by atoms with Crippen LogP contribution in [-0.4, -0.2) is 80.9 Å². The number of anilines is 1. The standard InChI is InChI=1S/C18H25FN4O2/c1-25-15-11-21(12-15)13-17(24)23-9-7-22(8-10-23)16-4-2-3-14(5-6-20)18(16)19/h2-4,6,15,20H,5,7-13H2,1H3. The Bertz CT molecular complexity index is 626. The van der Waals surface area contributed by atoms with E-state index in [2.05, 4.69) is 4.90 Å². The third-order valence-corrected chi connectivity index (χ3v) is 4.97. The summed E-state index contributed by atoms with van der Waals surface area (Å²) in [6.45, 7) is 4.52. The molecule has 0 spiro atoms. The number of hydrogen-bond acceptors (Lipinski definition) is 5. The number of benzene rings is 1. The normalized spacial score (nSPS) is 19.0. The molecule has 25 heavy (non-hydrogen) atoms. The number of nitrogens with one attached hydrogen (secondary N) is 1. The first-order valence-electron chi connectivity index (χ1n) is 8.66. The molecule has 1 aromatic carbocycles. The molecule has 1 aromatic rings. The molecule has 0 saturated carbocycles. The van der Waals surface area contributed by atoms with E-state index >= 15 is 0 Å². The minimum atomic E-state index is -0.253. The predicted octanol–water partition coefficient (Wildman–Crippen LogP) is 0.997. The van der Waals surface area contributed by atoms with Crippen LogP contribution in [0.5, 0.6) is 0 Å². The van der Waals surface area contributed by atoms with Gasteiger partial charge in [0.25, 0.3) is 0 Å². The minimum Gasteiger partial charge on any atom is -0.379 e.